The molecule has 0 saturated carbocycles. The molecule has 2 rings (SSSR count). The molecule has 6 nitrogen and oxygen atoms in total. The Morgan fingerprint density at radius 1 is 1.41 bits per heavy atom. The number of rotatable bonds is 4. The molecule has 0 spiro atoms. The van der Waals surface area contributed by atoms with Gasteiger partial charge in [0.15, 0.2) is 5.76 Å². The summed E-state index contributed by atoms with van der Waals surface area (Å²) >= 11 is 0. The Balaban J connectivity index is 2.22. The van der Waals surface area contributed by atoms with Crippen molar-refractivity contribution in [2.24, 2.45) is 0 Å². The van der Waals surface area contributed by atoms with E-state index in [4.69, 9.17) is 4.42 Å². The van der Waals surface area contributed by atoms with Gasteiger partial charge in [-0.2, -0.15) is 18.3 Å². The SMILES string of the molecule is CC(C(=O)NCC(F)(F)F)n1nc(-c2ccco2)ccc1=O. The second kappa shape index (κ2) is 6.04. The predicted octanol–water partition coefficient (Wildman–Crippen LogP) is 1.74. The van der Waals surface area contributed by atoms with E-state index >= 15 is 0 Å². The Hall–Kier alpha value is -2.58. The van der Waals surface area contributed by atoms with Crippen molar-refractivity contribution in [3.8, 4) is 11.5 Å². The predicted molar refractivity (Wildman–Crippen MR) is 70.0 cm³/mol. The summed E-state index contributed by atoms with van der Waals surface area (Å²) in [6, 6.07) is 4.60. The van der Waals surface area contributed by atoms with Crippen LogP contribution in [0.2, 0.25) is 0 Å². The first kappa shape index (κ1) is 15.8. The van der Waals surface area contributed by atoms with Gasteiger partial charge in [-0.25, -0.2) is 4.68 Å². The minimum Gasteiger partial charge on any atom is -0.463 e. The summed E-state index contributed by atoms with van der Waals surface area (Å²) in [6.07, 6.45) is -3.12. The first-order chi connectivity index (χ1) is 10.3. The van der Waals surface area contributed by atoms with Crippen LogP contribution in [0.5, 0.6) is 0 Å². The minimum absolute atomic E-state index is 0.292. The van der Waals surface area contributed by atoms with E-state index in [0.717, 1.165) is 4.68 Å². The monoisotopic (exact) mass is 315 g/mol. The van der Waals surface area contributed by atoms with Gasteiger partial charge in [0.05, 0.1) is 6.26 Å². The van der Waals surface area contributed by atoms with Gasteiger partial charge in [-0.3, -0.25) is 9.59 Å². The van der Waals surface area contributed by atoms with Crippen molar-refractivity contribution >= 4 is 5.91 Å². The molecule has 9 heteroatoms. The molecule has 0 aliphatic rings. The Labute approximate surface area is 122 Å². The topological polar surface area (TPSA) is 77.1 Å². The van der Waals surface area contributed by atoms with Crippen molar-refractivity contribution in [3.05, 3.63) is 40.9 Å². The van der Waals surface area contributed by atoms with Crippen molar-refractivity contribution in [1.82, 2.24) is 15.1 Å². The van der Waals surface area contributed by atoms with Crippen LogP contribution in [0.1, 0.15) is 13.0 Å². The zero-order chi connectivity index (χ0) is 16.3. The fourth-order valence-electron chi connectivity index (χ4n) is 1.70. The van der Waals surface area contributed by atoms with Crippen LogP contribution in [-0.4, -0.2) is 28.4 Å². The first-order valence-electron chi connectivity index (χ1n) is 6.26. The van der Waals surface area contributed by atoms with Crippen molar-refractivity contribution in [1.29, 1.82) is 0 Å². The number of carbonyl (C=O) groups is 1. The molecular weight excluding hydrogens is 303 g/mol. The van der Waals surface area contributed by atoms with E-state index in [1.54, 1.807) is 17.4 Å². The summed E-state index contributed by atoms with van der Waals surface area (Å²) in [7, 11) is 0. The van der Waals surface area contributed by atoms with Gasteiger partial charge in [-0.05, 0) is 25.1 Å². The molecule has 2 aromatic rings. The standard InChI is InChI=1S/C13H12F3N3O3/c1-8(12(21)17-7-13(14,15)16)19-11(20)5-4-9(18-19)10-3-2-6-22-10/h2-6,8H,7H2,1H3,(H,17,21). The largest absolute Gasteiger partial charge is 0.463 e. The highest BCUT2D eigenvalue weighted by molar-refractivity contribution is 5.79. The number of hydrogen-bond donors (Lipinski definition) is 1. The quantitative estimate of drug-likeness (QED) is 0.932. The number of amides is 1. The van der Waals surface area contributed by atoms with E-state index in [1.165, 1.54) is 25.3 Å². The lowest BCUT2D eigenvalue weighted by Gasteiger charge is -2.15. The molecule has 0 radical (unpaired) electrons. The molecular formula is C13H12F3N3O3. The number of nitrogens with zero attached hydrogens (tertiary/aromatic N) is 2. The van der Waals surface area contributed by atoms with E-state index in [9.17, 15) is 22.8 Å². The number of alkyl halides is 3. The van der Waals surface area contributed by atoms with Crippen LogP contribution >= 0.6 is 0 Å². The molecule has 2 heterocycles. The zero-order valence-electron chi connectivity index (χ0n) is 11.4. The van der Waals surface area contributed by atoms with Crippen LogP contribution in [0.4, 0.5) is 13.2 Å². The molecule has 0 aliphatic carbocycles. The van der Waals surface area contributed by atoms with Gasteiger partial charge in [-0.1, -0.05) is 0 Å². The fraction of sp³-hybridized carbons (Fsp3) is 0.308. The Morgan fingerprint density at radius 3 is 2.73 bits per heavy atom. The van der Waals surface area contributed by atoms with Crippen molar-refractivity contribution in [2.75, 3.05) is 6.54 Å². The van der Waals surface area contributed by atoms with Crippen LogP contribution in [0.25, 0.3) is 11.5 Å². The molecule has 0 saturated heterocycles. The molecule has 0 bridgehead atoms. The van der Waals surface area contributed by atoms with Gasteiger partial charge in [0.2, 0.25) is 5.91 Å². The van der Waals surface area contributed by atoms with Crippen LogP contribution in [0, 0.1) is 0 Å². The summed E-state index contributed by atoms with van der Waals surface area (Å²) in [6.45, 7) is -0.186. The van der Waals surface area contributed by atoms with E-state index in [-0.39, 0.29) is 0 Å². The van der Waals surface area contributed by atoms with Gasteiger partial charge < -0.3 is 9.73 Å². The van der Waals surface area contributed by atoms with Gasteiger partial charge >= 0.3 is 6.18 Å². The number of carbonyl (C=O) groups excluding carboxylic acids is 1. The third-order valence-corrected chi connectivity index (χ3v) is 2.81. The highest BCUT2D eigenvalue weighted by atomic mass is 19.4. The number of nitrogens with one attached hydrogen (secondary N) is 1. The van der Waals surface area contributed by atoms with Crippen LogP contribution < -0.4 is 10.9 Å². The maximum atomic E-state index is 12.1. The summed E-state index contributed by atoms with van der Waals surface area (Å²) in [5.74, 6) is -0.583. The van der Waals surface area contributed by atoms with E-state index in [1.807, 2.05) is 0 Å². The Morgan fingerprint density at radius 2 is 2.14 bits per heavy atom. The number of aromatic nitrogens is 2. The van der Waals surface area contributed by atoms with Gasteiger partial charge in [0.25, 0.3) is 5.56 Å². The normalized spacial score (nSPS) is 12.9. The second-order valence-corrected chi connectivity index (χ2v) is 4.49. The van der Waals surface area contributed by atoms with Crippen molar-refractivity contribution < 1.29 is 22.4 Å². The lowest BCUT2D eigenvalue weighted by atomic mass is 10.3. The molecule has 2 aromatic heterocycles. The van der Waals surface area contributed by atoms with Crippen molar-refractivity contribution in [2.45, 2.75) is 19.1 Å². The summed E-state index contributed by atoms with van der Waals surface area (Å²) < 4.78 is 42.2. The molecule has 118 valence electrons. The minimum atomic E-state index is -4.52. The smallest absolute Gasteiger partial charge is 0.405 e. The maximum absolute atomic E-state index is 12.1. The second-order valence-electron chi connectivity index (χ2n) is 4.49. The molecule has 0 fully saturated rings. The highest BCUT2D eigenvalue weighted by Gasteiger charge is 2.29. The van der Waals surface area contributed by atoms with E-state index < -0.39 is 30.2 Å². The van der Waals surface area contributed by atoms with E-state index in [0.29, 0.717) is 11.5 Å². The average molecular weight is 315 g/mol. The van der Waals surface area contributed by atoms with Crippen LogP contribution in [0.3, 0.4) is 0 Å². The average Bonchev–Trinajstić information content (AvgIpc) is 2.98. The molecule has 0 aromatic carbocycles. The van der Waals surface area contributed by atoms with Gasteiger partial charge in [0.1, 0.15) is 18.3 Å². The third kappa shape index (κ3) is 3.74. The lowest BCUT2D eigenvalue weighted by molar-refractivity contribution is -0.140. The first-order valence-corrected chi connectivity index (χ1v) is 6.26. The van der Waals surface area contributed by atoms with Crippen molar-refractivity contribution in [3.63, 3.8) is 0 Å². The Kier molecular flexibility index (Phi) is 4.34. The molecule has 0 aliphatic heterocycles. The Bertz CT molecular complexity index is 707. The van der Waals surface area contributed by atoms with Gasteiger partial charge in [0, 0.05) is 6.07 Å². The fourth-order valence-corrected chi connectivity index (χ4v) is 1.70. The number of halogens is 3. The molecule has 1 N–H and O–H groups in total. The summed E-state index contributed by atoms with van der Waals surface area (Å²) in [4.78, 5) is 23.5. The number of furan rings is 1. The molecule has 1 atom stereocenters. The summed E-state index contributed by atoms with van der Waals surface area (Å²) in [5.41, 5.74) is -0.315. The van der Waals surface area contributed by atoms with Gasteiger partial charge in [-0.15, -0.1) is 0 Å². The summed E-state index contributed by atoms with van der Waals surface area (Å²) in [5, 5.41) is 5.66. The maximum Gasteiger partial charge on any atom is 0.405 e. The molecule has 1 amide bonds. The van der Waals surface area contributed by atoms with E-state index in [2.05, 4.69) is 5.10 Å². The highest BCUT2D eigenvalue weighted by Crippen LogP contribution is 2.16. The zero-order valence-corrected chi connectivity index (χ0v) is 11.4. The number of hydrogen-bond acceptors (Lipinski definition) is 4. The lowest BCUT2D eigenvalue weighted by Crippen LogP contribution is -2.40. The molecule has 22 heavy (non-hydrogen) atoms. The third-order valence-electron chi connectivity index (χ3n) is 2.81. The van der Waals surface area contributed by atoms with Crippen LogP contribution in [0.15, 0.2) is 39.7 Å². The molecule has 1 unspecified atom stereocenters. The van der Waals surface area contributed by atoms with Crippen LogP contribution in [-0.2, 0) is 4.79 Å².